The zero-order chi connectivity index (χ0) is 12.1. The van der Waals surface area contributed by atoms with Crippen molar-refractivity contribution in [3.05, 3.63) is 0 Å². The summed E-state index contributed by atoms with van der Waals surface area (Å²) >= 11 is 0. The number of rotatable bonds is 6. The van der Waals surface area contributed by atoms with Crippen molar-refractivity contribution in [2.45, 2.75) is 59.6 Å². The lowest BCUT2D eigenvalue weighted by Gasteiger charge is -2.22. The van der Waals surface area contributed by atoms with E-state index in [0.29, 0.717) is 11.8 Å². The first-order valence-electron chi connectivity index (χ1n) is 6.58. The van der Waals surface area contributed by atoms with E-state index in [2.05, 4.69) is 32.8 Å². The number of hydrazone groups is 1. The average molecular weight is 226 g/mol. The van der Waals surface area contributed by atoms with Crippen LogP contribution < -0.4 is 0 Å². The topological polar surface area (TPSA) is 24.8 Å². The fourth-order valence-electron chi connectivity index (χ4n) is 2.13. The van der Waals surface area contributed by atoms with Crippen LogP contribution in [-0.4, -0.2) is 24.2 Å². The minimum Gasteiger partial charge on any atom is -0.454 e. The van der Waals surface area contributed by atoms with Crippen molar-refractivity contribution >= 4 is 5.90 Å². The molecule has 3 heteroatoms. The highest BCUT2D eigenvalue weighted by molar-refractivity contribution is 5.79. The van der Waals surface area contributed by atoms with Gasteiger partial charge in [-0.25, -0.2) is 0 Å². The van der Waals surface area contributed by atoms with Crippen molar-refractivity contribution in [2.24, 2.45) is 16.9 Å². The summed E-state index contributed by atoms with van der Waals surface area (Å²) in [5, 5.41) is 6.51. The van der Waals surface area contributed by atoms with Gasteiger partial charge in [0.25, 0.3) is 0 Å². The van der Waals surface area contributed by atoms with Gasteiger partial charge < -0.3 is 4.74 Å². The summed E-state index contributed by atoms with van der Waals surface area (Å²) in [6.45, 7) is 8.79. The van der Waals surface area contributed by atoms with Gasteiger partial charge in [-0.2, -0.15) is 0 Å². The van der Waals surface area contributed by atoms with E-state index in [4.69, 9.17) is 4.74 Å². The van der Waals surface area contributed by atoms with Crippen LogP contribution in [0, 0.1) is 11.8 Å². The average Bonchev–Trinajstić information content (AvgIpc) is 2.62. The van der Waals surface area contributed by atoms with Crippen LogP contribution in [-0.2, 0) is 4.74 Å². The molecule has 1 aliphatic heterocycles. The Kier molecular flexibility index (Phi) is 5.10. The Balaban J connectivity index is 2.56. The molecule has 0 saturated heterocycles. The zero-order valence-corrected chi connectivity index (χ0v) is 11.4. The molecule has 0 N–H and O–H groups in total. The van der Waals surface area contributed by atoms with E-state index < -0.39 is 0 Å². The Morgan fingerprint density at radius 2 is 2.06 bits per heavy atom. The second-order valence-corrected chi connectivity index (χ2v) is 5.01. The van der Waals surface area contributed by atoms with Crippen LogP contribution in [0.4, 0.5) is 0 Å². The minimum absolute atomic E-state index is 0.130. The molecule has 2 unspecified atom stereocenters. The Bertz CT molecular complexity index is 238. The van der Waals surface area contributed by atoms with Crippen molar-refractivity contribution in [2.75, 3.05) is 7.05 Å². The van der Waals surface area contributed by atoms with Crippen LogP contribution in [0.3, 0.4) is 0 Å². The third-order valence-electron chi connectivity index (χ3n) is 3.18. The molecule has 94 valence electrons. The Morgan fingerprint density at radius 3 is 2.50 bits per heavy atom. The van der Waals surface area contributed by atoms with Gasteiger partial charge in [0.1, 0.15) is 0 Å². The largest absolute Gasteiger partial charge is 0.454 e. The Morgan fingerprint density at radius 1 is 1.38 bits per heavy atom. The van der Waals surface area contributed by atoms with Gasteiger partial charge in [0.05, 0.1) is 0 Å². The predicted octanol–water partition coefficient (Wildman–Crippen LogP) is 3.46. The van der Waals surface area contributed by atoms with Gasteiger partial charge in [-0.3, -0.25) is 5.01 Å². The van der Waals surface area contributed by atoms with Gasteiger partial charge in [0.15, 0.2) is 6.23 Å². The smallest absolute Gasteiger partial charge is 0.211 e. The monoisotopic (exact) mass is 226 g/mol. The standard InChI is InChI=1S/C13H26N2O/c1-6-8-9-11(7-2)12-14-15(5)13(16-12)10(3)4/h10-11,13H,6-9H2,1-5H3. The van der Waals surface area contributed by atoms with Crippen LogP contribution in [0.25, 0.3) is 0 Å². The zero-order valence-electron chi connectivity index (χ0n) is 11.4. The number of unbranched alkanes of at least 4 members (excludes halogenated alkanes) is 1. The molecule has 2 atom stereocenters. The molecule has 3 nitrogen and oxygen atoms in total. The van der Waals surface area contributed by atoms with Crippen molar-refractivity contribution in [1.82, 2.24) is 5.01 Å². The molecule has 0 amide bonds. The lowest BCUT2D eigenvalue weighted by molar-refractivity contribution is 0.0325. The number of hydrogen-bond donors (Lipinski definition) is 0. The summed E-state index contributed by atoms with van der Waals surface area (Å²) in [6, 6.07) is 0. The fraction of sp³-hybridized carbons (Fsp3) is 0.923. The van der Waals surface area contributed by atoms with Gasteiger partial charge >= 0.3 is 0 Å². The molecule has 0 radical (unpaired) electrons. The summed E-state index contributed by atoms with van der Waals surface area (Å²) in [4.78, 5) is 0. The van der Waals surface area contributed by atoms with E-state index in [9.17, 15) is 0 Å². The highest BCUT2D eigenvalue weighted by atomic mass is 16.5. The Labute approximate surface area is 99.9 Å². The molecule has 0 aromatic rings. The predicted molar refractivity (Wildman–Crippen MR) is 68.2 cm³/mol. The molecule has 1 heterocycles. The second-order valence-electron chi connectivity index (χ2n) is 5.01. The van der Waals surface area contributed by atoms with Crippen LogP contribution >= 0.6 is 0 Å². The third-order valence-corrected chi connectivity index (χ3v) is 3.18. The quantitative estimate of drug-likeness (QED) is 0.693. The summed E-state index contributed by atoms with van der Waals surface area (Å²) in [6.07, 6.45) is 4.96. The van der Waals surface area contributed by atoms with Gasteiger partial charge in [-0.15, -0.1) is 5.10 Å². The molecule has 0 bridgehead atoms. The van der Waals surface area contributed by atoms with Crippen molar-refractivity contribution in [1.29, 1.82) is 0 Å². The molecule has 0 spiro atoms. The lowest BCUT2D eigenvalue weighted by atomic mass is 9.99. The molecular formula is C13H26N2O. The maximum Gasteiger partial charge on any atom is 0.211 e. The van der Waals surface area contributed by atoms with E-state index in [1.165, 1.54) is 19.3 Å². The van der Waals surface area contributed by atoms with E-state index in [1.54, 1.807) is 0 Å². The number of hydrogen-bond acceptors (Lipinski definition) is 3. The van der Waals surface area contributed by atoms with E-state index in [0.717, 1.165) is 12.3 Å². The van der Waals surface area contributed by atoms with Crippen molar-refractivity contribution < 1.29 is 4.74 Å². The summed E-state index contributed by atoms with van der Waals surface area (Å²) in [7, 11) is 2.00. The third kappa shape index (κ3) is 3.13. The highest BCUT2D eigenvalue weighted by Crippen LogP contribution is 2.25. The number of nitrogens with zero attached hydrogens (tertiary/aromatic N) is 2. The SMILES string of the molecule is CCCCC(CC)C1=NN(C)C(C(C)C)O1. The maximum atomic E-state index is 5.96. The summed E-state index contributed by atoms with van der Waals surface area (Å²) < 4.78 is 5.96. The van der Waals surface area contributed by atoms with Crippen LogP contribution in [0.2, 0.25) is 0 Å². The van der Waals surface area contributed by atoms with E-state index >= 15 is 0 Å². The van der Waals surface area contributed by atoms with Gasteiger partial charge in [0, 0.05) is 18.9 Å². The van der Waals surface area contributed by atoms with Crippen LogP contribution in [0.1, 0.15) is 53.4 Å². The van der Waals surface area contributed by atoms with Gasteiger partial charge in [-0.1, -0.05) is 40.5 Å². The minimum atomic E-state index is 0.130. The summed E-state index contributed by atoms with van der Waals surface area (Å²) in [5.74, 6) is 1.94. The highest BCUT2D eigenvalue weighted by Gasteiger charge is 2.31. The van der Waals surface area contributed by atoms with E-state index in [1.807, 2.05) is 12.1 Å². The maximum absolute atomic E-state index is 5.96. The fourth-order valence-corrected chi connectivity index (χ4v) is 2.13. The van der Waals surface area contributed by atoms with Crippen LogP contribution in [0.15, 0.2) is 5.10 Å². The second kappa shape index (κ2) is 6.12. The molecule has 1 aliphatic rings. The first-order chi connectivity index (χ1) is 7.60. The van der Waals surface area contributed by atoms with Crippen molar-refractivity contribution in [3.63, 3.8) is 0 Å². The molecule has 16 heavy (non-hydrogen) atoms. The molecule has 1 rings (SSSR count). The number of ether oxygens (including phenoxy) is 1. The summed E-state index contributed by atoms with van der Waals surface area (Å²) in [5.41, 5.74) is 0. The molecule has 0 aliphatic carbocycles. The molecule has 0 fully saturated rings. The normalized spacial score (nSPS) is 22.2. The molecule has 0 aromatic heterocycles. The Hall–Kier alpha value is -0.730. The first kappa shape index (κ1) is 13.3. The van der Waals surface area contributed by atoms with Crippen LogP contribution in [0.5, 0.6) is 0 Å². The molecule has 0 saturated carbocycles. The molecular weight excluding hydrogens is 200 g/mol. The van der Waals surface area contributed by atoms with Gasteiger partial charge in [0.2, 0.25) is 5.90 Å². The van der Waals surface area contributed by atoms with Gasteiger partial charge in [-0.05, 0) is 12.8 Å². The van der Waals surface area contributed by atoms with Crippen molar-refractivity contribution in [3.8, 4) is 0 Å². The molecule has 0 aromatic carbocycles. The lowest BCUT2D eigenvalue weighted by Crippen LogP contribution is -2.30. The van der Waals surface area contributed by atoms with E-state index in [-0.39, 0.29) is 6.23 Å². The first-order valence-corrected chi connectivity index (χ1v) is 6.58.